The van der Waals surface area contributed by atoms with E-state index in [0.717, 1.165) is 25.7 Å². The summed E-state index contributed by atoms with van der Waals surface area (Å²) >= 11 is 0. The molecule has 0 heterocycles. The minimum atomic E-state index is -1.06. The summed E-state index contributed by atoms with van der Waals surface area (Å²) in [6, 6.07) is 6.77. The van der Waals surface area contributed by atoms with Crippen molar-refractivity contribution in [2.75, 3.05) is 26.2 Å². The second-order valence-corrected chi connectivity index (χ2v) is 12.8. The zero-order valence-corrected chi connectivity index (χ0v) is 30.7. The van der Waals surface area contributed by atoms with E-state index in [2.05, 4.69) is 25.7 Å². The maximum absolute atomic E-state index is 11.9. The van der Waals surface area contributed by atoms with Gasteiger partial charge in [-0.1, -0.05) is 12.8 Å². The Hall–Kier alpha value is -3.67. The topological polar surface area (TPSA) is 225 Å². The number of hydrogen-bond donors (Lipinski definition) is 8. The van der Waals surface area contributed by atoms with Crippen molar-refractivity contribution < 1.29 is 39.2 Å². The molecule has 0 spiro atoms. The van der Waals surface area contributed by atoms with Crippen molar-refractivity contribution >= 4 is 65.6 Å². The average molecular weight is 698 g/mol. The molecule has 0 bridgehead atoms. The molecule has 1 rings (SSSR count). The summed E-state index contributed by atoms with van der Waals surface area (Å²) < 4.78 is 11.0. The quantitative estimate of drug-likeness (QED) is 0.0311. The fraction of sp³-hybridized carbons (Fsp3) is 0.621. The van der Waals surface area contributed by atoms with Crippen LogP contribution in [0.5, 0.6) is 5.75 Å². The molecule has 16 nitrogen and oxygen atoms in total. The van der Waals surface area contributed by atoms with Crippen LogP contribution < -0.4 is 20.6 Å². The first kappa shape index (κ1) is 44.4. The summed E-state index contributed by atoms with van der Waals surface area (Å²) in [5.74, 6) is 1.17. The first-order valence-electron chi connectivity index (χ1n) is 17.2. The molecule has 0 saturated heterocycles. The van der Waals surface area contributed by atoms with E-state index >= 15 is 0 Å². The Kier molecular flexibility index (Phi) is 21.0. The molecule has 1 aromatic rings. The fourth-order valence-electron chi connectivity index (χ4n) is 4.60. The largest absolute Gasteiger partial charge is 0.494 e. The van der Waals surface area contributed by atoms with Crippen LogP contribution in [-0.4, -0.2) is 127 Å². The summed E-state index contributed by atoms with van der Waals surface area (Å²) in [5.41, 5.74) is -0.172. The molecule has 21 heteroatoms. The third-order valence-electron chi connectivity index (χ3n) is 6.84. The molecule has 0 unspecified atom stereocenters. The van der Waals surface area contributed by atoms with Gasteiger partial charge in [-0.05, 0) is 98.0 Å². The number of benzene rings is 1. The van der Waals surface area contributed by atoms with Gasteiger partial charge >= 0.3 is 41.7 Å². The minimum absolute atomic E-state index is 0.00795. The van der Waals surface area contributed by atoms with Crippen LogP contribution >= 0.6 is 0 Å². The molecule has 1 amide bonds. The van der Waals surface area contributed by atoms with Gasteiger partial charge in [-0.3, -0.25) is 15.6 Å². The van der Waals surface area contributed by atoms with Crippen LogP contribution in [0.4, 0.5) is 4.79 Å². The van der Waals surface area contributed by atoms with E-state index in [1.165, 1.54) is 6.82 Å². The van der Waals surface area contributed by atoms with Crippen LogP contribution in [-0.2, 0) is 9.53 Å². The molecule has 0 fully saturated rings. The summed E-state index contributed by atoms with van der Waals surface area (Å²) in [4.78, 5) is 34.3. The van der Waals surface area contributed by atoms with Crippen LogP contribution in [0.2, 0.25) is 27.3 Å². The molecule has 0 aliphatic heterocycles. The number of amides is 1. The van der Waals surface area contributed by atoms with Crippen molar-refractivity contribution in [3.63, 3.8) is 0 Å². The van der Waals surface area contributed by atoms with Gasteiger partial charge in [0.1, 0.15) is 23.4 Å². The standard InChI is InChI=1S/C29H55B5N8O8/c1-29(2,3)50-28(44)37-25(35)23-14-16-24(17-15-23)49-21-13-12-20-42(34(7)48)27(40-32(5)46)41(33(6)47)19-11-9-8-10-18-36-26(38-30-22-43)39-31(4)45/h14-17,22,30,45-48H,8-13,18-21H2,1-7H3,(H2,35,37,44)(H2,36,38,39)/b40-27+. The third-order valence-corrected chi connectivity index (χ3v) is 6.84. The lowest BCUT2D eigenvalue weighted by molar-refractivity contribution is 0.0563. The predicted molar refractivity (Wildman–Crippen MR) is 205 cm³/mol. The van der Waals surface area contributed by atoms with Crippen molar-refractivity contribution in [1.29, 1.82) is 5.41 Å². The number of alkyl carbamates (subject to hydrolysis) is 1. The number of carbonyl (C=O) groups is 2. The normalized spacial score (nSPS) is 11.6. The van der Waals surface area contributed by atoms with E-state index in [4.69, 9.17) is 14.9 Å². The molecule has 0 atom stereocenters. The SMILES string of the molecule is CB(O)/N=C(\N(CCCCCCN/C(=N\BC=O)NB(C)O)B(C)O)N(CCCCOc1ccc(C(=N)NC(=O)OC(C)(C)C)cc1)B(C)O. The van der Waals surface area contributed by atoms with Crippen molar-refractivity contribution in [1.82, 2.24) is 25.5 Å². The number of carbonyl (C=O) groups excluding carboxylic acids is 2. The number of ether oxygens (including phenoxy) is 2. The van der Waals surface area contributed by atoms with Crippen LogP contribution in [0.1, 0.15) is 64.9 Å². The molecule has 0 aliphatic rings. The highest BCUT2D eigenvalue weighted by atomic mass is 16.6. The summed E-state index contributed by atoms with van der Waals surface area (Å²) in [5, 5.41) is 57.4. The van der Waals surface area contributed by atoms with E-state index in [0.29, 0.717) is 68.5 Å². The Morgan fingerprint density at radius 1 is 0.940 bits per heavy atom. The second kappa shape index (κ2) is 23.7. The molecule has 0 aliphatic carbocycles. The van der Waals surface area contributed by atoms with E-state index in [9.17, 15) is 29.7 Å². The van der Waals surface area contributed by atoms with Gasteiger partial charge in [0.2, 0.25) is 0 Å². The predicted octanol–water partition coefficient (Wildman–Crippen LogP) is 0.734. The molecular formula is C29H55B5N8O8. The van der Waals surface area contributed by atoms with Gasteiger partial charge < -0.3 is 59.4 Å². The lowest BCUT2D eigenvalue weighted by Crippen LogP contribution is -2.56. The zero-order valence-electron chi connectivity index (χ0n) is 30.7. The highest BCUT2D eigenvalue weighted by Gasteiger charge is 2.29. The Morgan fingerprint density at radius 2 is 1.52 bits per heavy atom. The highest BCUT2D eigenvalue weighted by Crippen LogP contribution is 2.15. The number of guanidine groups is 2. The van der Waals surface area contributed by atoms with Crippen molar-refractivity contribution in [2.45, 2.75) is 92.2 Å². The zero-order chi connectivity index (χ0) is 37.7. The van der Waals surface area contributed by atoms with Crippen molar-refractivity contribution in [3.8, 4) is 5.75 Å². The lowest BCUT2D eigenvalue weighted by Gasteiger charge is -2.37. The van der Waals surface area contributed by atoms with Gasteiger partial charge in [0.15, 0.2) is 11.9 Å². The Bertz CT molecular complexity index is 1220. The van der Waals surface area contributed by atoms with E-state index < -0.39 is 39.9 Å². The van der Waals surface area contributed by atoms with Crippen LogP contribution in [0, 0.1) is 5.41 Å². The average Bonchev–Trinajstić information content (AvgIpc) is 3.00. The smallest absolute Gasteiger partial charge is 0.431 e. The summed E-state index contributed by atoms with van der Waals surface area (Å²) in [7, 11) is -3.74. The minimum Gasteiger partial charge on any atom is -0.494 e. The molecule has 1 aromatic carbocycles. The highest BCUT2D eigenvalue weighted by molar-refractivity contribution is 6.66. The molecule has 8 N–H and O–H groups in total. The molecule has 0 radical (unpaired) electrons. The molecular weight excluding hydrogens is 642 g/mol. The summed E-state index contributed by atoms with van der Waals surface area (Å²) in [6.07, 6.45) is 4.48. The van der Waals surface area contributed by atoms with E-state index in [-0.39, 0.29) is 13.3 Å². The monoisotopic (exact) mass is 698 g/mol. The van der Waals surface area contributed by atoms with Crippen LogP contribution in [0.25, 0.3) is 0 Å². The van der Waals surface area contributed by atoms with Crippen molar-refractivity contribution in [3.05, 3.63) is 29.8 Å². The third kappa shape index (κ3) is 19.5. The fourth-order valence-corrected chi connectivity index (χ4v) is 4.60. The Labute approximate surface area is 299 Å². The lowest BCUT2D eigenvalue weighted by atomic mass is 9.80. The van der Waals surface area contributed by atoms with E-state index in [1.807, 2.05) is 0 Å². The first-order chi connectivity index (χ1) is 23.5. The molecule has 274 valence electrons. The Balaban J connectivity index is 2.66. The first-order valence-corrected chi connectivity index (χ1v) is 17.2. The number of amidine groups is 1. The number of hydrogen-bond acceptors (Lipinski definition) is 11. The van der Waals surface area contributed by atoms with Crippen molar-refractivity contribution in [2.24, 2.45) is 9.81 Å². The Morgan fingerprint density at radius 3 is 2.04 bits per heavy atom. The van der Waals surface area contributed by atoms with Crippen LogP contribution in [0.3, 0.4) is 0 Å². The van der Waals surface area contributed by atoms with Crippen LogP contribution in [0.15, 0.2) is 34.1 Å². The van der Waals surface area contributed by atoms with Gasteiger partial charge in [0, 0.05) is 25.2 Å². The van der Waals surface area contributed by atoms with Gasteiger partial charge in [-0.25, -0.2) is 4.79 Å². The van der Waals surface area contributed by atoms with Gasteiger partial charge in [-0.2, -0.15) is 0 Å². The van der Waals surface area contributed by atoms with Gasteiger partial charge in [0.25, 0.3) is 0 Å². The number of unbranched alkanes of at least 4 members (excludes halogenated alkanes) is 4. The maximum Gasteiger partial charge on any atom is 0.431 e. The number of nitrogens with one attached hydrogen (secondary N) is 4. The molecule has 50 heavy (non-hydrogen) atoms. The maximum atomic E-state index is 11.9. The van der Waals surface area contributed by atoms with E-state index in [1.54, 1.807) is 75.1 Å². The molecule has 0 aromatic heterocycles. The van der Waals surface area contributed by atoms with Gasteiger partial charge in [0.05, 0.1) is 6.61 Å². The van der Waals surface area contributed by atoms with Gasteiger partial charge in [-0.15, -0.1) is 0 Å². The summed E-state index contributed by atoms with van der Waals surface area (Å²) in [6.45, 7) is 13.3. The number of nitrogens with zero attached hydrogens (tertiary/aromatic N) is 4. The number of rotatable bonds is 20. The molecule has 0 saturated carbocycles. The second-order valence-electron chi connectivity index (χ2n) is 12.8.